The summed E-state index contributed by atoms with van der Waals surface area (Å²) in [5.74, 6) is 0.860. The van der Waals surface area contributed by atoms with Gasteiger partial charge < -0.3 is 9.26 Å². The number of ether oxygens (including phenoxy) is 1. The molecule has 0 spiro atoms. The molecule has 0 aliphatic rings. The maximum absolute atomic E-state index is 8.64. The van der Waals surface area contributed by atoms with Gasteiger partial charge in [0, 0.05) is 13.5 Å². The third kappa shape index (κ3) is 2.77. The Balaban J connectivity index is 2.77. The first kappa shape index (κ1) is 11.7. The maximum Gasteiger partial charge on any atom is 0.228 e. The van der Waals surface area contributed by atoms with Crippen LogP contribution in [0, 0.1) is 17.2 Å². The van der Waals surface area contributed by atoms with Crippen LogP contribution < -0.4 is 0 Å². The Kier molecular flexibility index (Phi) is 3.43. The summed E-state index contributed by atoms with van der Waals surface area (Å²) >= 11 is 0. The predicted molar refractivity (Wildman–Crippen MR) is 52.8 cm³/mol. The van der Waals surface area contributed by atoms with Crippen LogP contribution in [-0.4, -0.2) is 17.3 Å². The molecule has 5 heteroatoms. The molecule has 0 saturated heterocycles. The van der Waals surface area contributed by atoms with E-state index in [0.717, 1.165) is 0 Å². The van der Waals surface area contributed by atoms with Crippen molar-refractivity contribution in [3.8, 4) is 6.07 Å². The number of aromatic nitrogens is 2. The summed E-state index contributed by atoms with van der Waals surface area (Å²) in [4.78, 5) is 4.19. The highest BCUT2D eigenvalue weighted by atomic mass is 16.5. The lowest BCUT2D eigenvalue weighted by Gasteiger charge is -2.17. The van der Waals surface area contributed by atoms with Gasteiger partial charge in [0.25, 0.3) is 0 Å². The molecule has 0 aliphatic carbocycles. The van der Waals surface area contributed by atoms with Gasteiger partial charge in [0.05, 0.1) is 12.0 Å². The second-order valence-electron chi connectivity index (χ2n) is 3.96. The smallest absolute Gasteiger partial charge is 0.228 e. The van der Waals surface area contributed by atoms with Crippen LogP contribution in [-0.2, 0) is 16.8 Å². The van der Waals surface area contributed by atoms with Crippen molar-refractivity contribution in [2.75, 3.05) is 7.11 Å². The SMILES string of the molecule is COC(C)(C)c1noc(CC(C)C#N)n1. The van der Waals surface area contributed by atoms with Crippen molar-refractivity contribution >= 4 is 0 Å². The Morgan fingerprint density at radius 2 is 2.27 bits per heavy atom. The summed E-state index contributed by atoms with van der Waals surface area (Å²) < 4.78 is 10.3. The second-order valence-corrected chi connectivity index (χ2v) is 3.96. The van der Waals surface area contributed by atoms with Crippen LogP contribution in [0.1, 0.15) is 32.5 Å². The van der Waals surface area contributed by atoms with Crippen molar-refractivity contribution < 1.29 is 9.26 Å². The van der Waals surface area contributed by atoms with E-state index < -0.39 is 5.60 Å². The van der Waals surface area contributed by atoms with Crippen molar-refractivity contribution in [3.63, 3.8) is 0 Å². The molecule has 15 heavy (non-hydrogen) atoms. The minimum absolute atomic E-state index is 0.121. The number of hydrogen-bond acceptors (Lipinski definition) is 5. The van der Waals surface area contributed by atoms with Crippen LogP contribution >= 0.6 is 0 Å². The molecular formula is C10H15N3O2. The number of nitriles is 1. The van der Waals surface area contributed by atoms with Gasteiger partial charge >= 0.3 is 0 Å². The van der Waals surface area contributed by atoms with E-state index in [1.807, 2.05) is 20.8 Å². The first-order valence-corrected chi connectivity index (χ1v) is 4.77. The maximum atomic E-state index is 8.64. The van der Waals surface area contributed by atoms with Gasteiger partial charge in [-0.1, -0.05) is 5.16 Å². The summed E-state index contributed by atoms with van der Waals surface area (Å²) in [6.07, 6.45) is 0.475. The van der Waals surface area contributed by atoms with E-state index in [-0.39, 0.29) is 5.92 Å². The molecule has 1 rings (SSSR count). The Morgan fingerprint density at radius 3 is 2.80 bits per heavy atom. The van der Waals surface area contributed by atoms with E-state index in [0.29, 0.717) is 18.1 Å². The van der Waals surface area contributed by atoms with E-state index in [9.17, 15) is 0 Å². The van der Waals surface area contributed by atoms with Gasteiger partial charge in [0.1, 0.15) is 5.60 Å². The van der Waals surface area contributed by atoms with Gasteiger partial charge in [-0.3, -0.25) is 0 Å². The minimum atomic E-state index is -0.558. The van der Waals surface area contributed by atoms with Crippen LogP contribution in [0.25, 0.3) is 0 Å². The normalized spacial score (nSPS) is 13.5. The van der Waals surface area contributed by atoms with Crippen molar-refractivity contribution in [1.29, 1.82) is 5.26 Å². The molecule has 0 radical (unpaired) electrons. The second kappa shape index (κ2) is 4.41. The van der Waals surface area contributed by atoms with Crippen LogP contribution in [0.3, 0.4) is 0 Å². The van der Waals surface area contributed by atoms with Gasteiger partial charge in [0.15, 0.2) is 0 Å². The molecule has 0 aliphatic heterocycles. The predicted octanol–water partition coefficient (Wildman–Crippen LogP) is 1.65. The first-order valence-electron chi connectivity index (χ1n) is 4.77. The molecule has 1 unspecified atom stereocenters. The molecule has 1 atom stereocenters. The van der Waals surface area contributed by atoms with Crippen LogP contribution in [0.5, 0.6) is 0 Å². The fraction of sp³-hybridized carbons (Fsp3) is 0.700. The molecule has 0 saturated carbocycles. The van der Waals surface area contributed by atoms with Gasteiger partial charge in [-0.15, -0.1) is 0 Å². The molecule has 0 fully saturated rings. The highest BCUT2D eigenvalue weighted by Gasteiger charge is 2.26. The lowest BCUT2D eigenvalue weighted by Crippen LogP contribution is -2.21. The van der Waals surface area contributed by atoms with Gasteiger partial charge in [-0.05, 0) is 20.8 Å². The molecule has 5 nitrogen and oxygen atoms in total. The van der Waals surface area contributed by atoms with Crippen LogP contribution in [0.2, 0.25) is 0 Å². The number of nitrogens with zero attached hydrogens (tertiary/aromatic N) is 3. The highest BCUT2D eigenvalue weighted by Crippen LogP contribution is 2.20. The van der Waals surface area contributed by atoms with E-state index in [1.165, 1.54) is 0 Å². The summed E-state index contributed by atoms with van der Waals surface area (Å²) in [7, 11) is 1.59. The Hall–Kier alpha value is -1.41. The van der Waals surface area contributed by atoms with Crippen LogP contribution in [0.4, 0.5) is 0 Å². The third-order valence-corrected chi connectivity index (χ3v) is 2.22. The number of rotatable bonds is 4. The zero-order valence-corrected chi connectivity index (χ0v) is 9.44. The van der Waals surface area contributed by atoms with Crippen molar-refractivity contribution in [2.24, 2.45) is 5.92 Å². The zero-order chi connectivity index (χ0) is 11.5. The van der Waals surface area contributed by atoms with Crippen molar-refractivity contribution in [1.82, 2.24) is 10.1 Å². The standard InChI is InChI=1S/C10H15N3O2/c1-7(6-11)5-8-12-9(13-15-8)10(2,3)14-4/h7H,5H2,1-4H3. The van der Waals surface area contributed by atoms with E-state index >= 15 is 0 Å². The summed E-state index contributed by atoms with van der Waals surface area (Å²) in [6.45, 7) is 5.52. The van der Waals surface area contributed by atoms with E-state index in [1.54, 1.807) is 7.11 Å². The number of hydrogen-bond donors (Lipinski definition) is 0. The molecule has 1 aromatic rings. The fourth-order valence-corrected chi connectivity index (χ4v) is 0.981. The average Bonchev–Trinajstić information content (AvgIpc) is 2.66. The molecular weight excluding hydrogens is 194 g/mol. The molecule has 82 valence electrons. The first-order chi connectivity index (χ1) is 6.99. The van der Waals surface area contributed by atoms with E-state index in [2.05, 4.69) is 16.2 Å². The lowest BCUT2D eigenvalue weighted by atomic mass is 10.1. The minimum Gasteiger partial charge on any atom is -0.371 e. The molecule has 0 amide bonds. The Bertz CT molecular complexity index is 365. The van der Waals surface area contributed by atoms with Crippen molar-refractivity contribution in [3.05, 3.63) is 11.7 Å². The fourth-order valence-electron chi connectivity index (χ4n) is 0.981. The van der Waals surface area contributed by atoms with Crippen molar-refractivity contribution in [2.45, 2.75) is 32.8 Å². The monoisotopic (exact) mass is 209 g/mol. The zero-order valence-electron chi connectivity index (χ0n) is 9.44. The largest absolute Gasteiger partial charge is 0.371 e. The van der Waals surface area contributed by atoms with Gasteiger partial charge in [0.2, 0.25) is 11.7 Å². The quantitative estimate of drug-likeness (QED) is 0.754. The topological polar surface area (TPSA) is 71.9 Å². The Labute approximate surface area is 89.0 Å². The highest BCUT2D eigenvalue weighted by molar-refractivity contribution is 4.99. The molecule has 1 heterocycles. The van der Waals surface area contributed by atoms with Gasteiger partial charge in [-0.2, -0.15) is 10.2 Å². The van der Waals surface area contributed by atoms with Crippen LogP contribution in [0.15, 0.2) is 4.52 Å². The molecule has 0 bridgehead atoms. The Morgan fingerprint density at radius 1 is 1.60 bits per heavy atom. The average molecular weight is 209 g/mol. The molecule has 0 N–H and O–H groups in total. The molecule has 1 aromatic heterocycles. The summed E-state index contributed by atoms with van der Waals surface area (Å²) in [5.41, 5.74) is -0.558. The van der Waals surface area contributed by atoms with Gasteiger partial charge in [-0.25, -0.2) is 0 Å². The lowest BCUT2D eigenvalue weighted by molar-refractivity contribution is 0.00973. The van der Waals surface area contributed by atoms with E-state index in [4.69, 9.17) is 14.5 Å². The molecule has 0 aromatic carbocycles. The number of methoxy groups -OCH3 is 1. The summed E-state index contributed by atoms with van der Waals surface area (Å²) in [5, 5.41) is 12.5. The summed E-state index contributed by atoms with van der Waals surface area (Å²) in [6, 6.07) is 2.12. The third-order valence-electron chi connectivity index (χ3n) is 2.22.